The molecule has 3 heterocycles. The second kappa shape index (κ2) is 10.8. The molecule has 0 unspecified atom stereocenters. The van der Waals surface area contributed by atoms with Gasteiger partial charge in [0.1, 0.15) is 0 Å². The van der Waals surface area contributed by atoms with E-state index >= 15 is 0 Å². The van der Waals surface area contributed by atoms with E-state index < -0.39 is 0 Å². The van der Waals surface area contributed by atoms with Gasteiger partial charge in [-0.2, -0.15) is 0 Å². The molecule has 2 atom stereocenters. The second-order valence-corrected chi connectivity index (χ2v) is 9.85. The number of aryl methyl sites for hydroxylation is 1. The molecule has 2 amide bonds. The van der Waals surface area contributed by atoms with Gasteiger partial charge < -0.3 is 15.0 Å². The van der Waals surface area contributed by atoms with E-state index in [0.29, 0.717) is 36.0 Å². The SMILES string of the molecule is Cc1ccc(C(=O)Nc2cc(Cl)cc(CN3CCN(C(=O)[C@@H]4CCCOC4)[C@@H](C)C3)c2C)cn1. The number of pyridine rings is 1. The zero-order valence-corrected chi connectivity index (χ0v) is 20.9. The number of ether oxygens (including phenoxy) is 1. The van der Waals surface area contributed by atoms with Crippen molar-refractivity contribution >= 4 is 29.1 Å². The molecule has 2 aliphatic rings. The number of amides is 2. The van der Waals surface area contributed by atoms with E-state index in [-0.39, 0.29) is 23.8 Å². The monoisotopic (exact) mass is 484 g/mol. The lowest BCUT2D eigenvalue weighted by molar-refractivity contribution is -0.144. The highest BCUT2D eigenvalue weighted by Crippen LogP contribution is 2.28. The molecular formula is C26H33ClN4O3. The Kier molecular flexibility index (Phi) is 7.86. The molecule has 0 bridgehead atoms. The number of halogens is 1. The van der Waals surface area contributed by atoms with Gasteiger partial charge in [-0.25, -0.2) is 0 Å². The summed E-state index contributed by atoms with van der Waals surface area (Å²) in [7, 11) is 0. The third-order valence-corrected chi connectivity index (χ3v) is 7.02. The summed E-state index contributed by atoms with van der Waals surface area (Å²) in [4.78, 5) is 34.3. The quantitative estimate of drug-likeness (QED) is 0.692. The van der Waals surface area contributed by atoms with Gasteiger partial charge in [0.2, 0.25) is 5.91 Å². The van der Waals surface area contributed by atoms with Crippen LogP contribution < -0.4 is 5.32 Å². The van der Waals surface area contributed by atoms with Crippen LogP contribution in [0.15, 0.2) is 30.5 Å². The standard InChI is InChI=1S/C26H33ClN4O3/c1-17-6-7-20(13-28-17)25(32)29-24-12-23(27)11-22(19(24)3)15-30-8-9-31(18(2)14-30)26(33)21-5-4-10-34-16-21/h6-7,11-13,18,21H,4-5,8-10,14-16H2,1-3H3,(H,29,32)/t18-,21+/m0/s1. The third kappa shape index (κ3) is 5.77. The number of carbonyl (C=O) groups is 2. The van der Waals surface area contributed by atoms with Gasteiger partial charge in [0.05, 0.1) is 18.1 Å². The summed E-state index contributed by atoms with van der Waals surface area (Å²) in [6.07, 6.45) is 3.45. The maximum atomic E-state index is 13.0. The van der Waals surface area contributed by atoms with Gasteiger partial charge >= 0.3 is 0 Å². The number of aromatic nitrogens is 1. The zero-order chi connectivity index (χ0) is 24.2. The lowest BCUT2D eigenvalue weighted by Gasteiger charge is -2.42. The fourth-order valence-electron chi connectivity index (χ4n) is 4.74. The molecule has 0 aliphatic carbocycles. The predicted octanol–water partition coefficient (Wildman–Crippen LogP) is 4.06. The normalized spacial score (nSPS) is 21.4. The highest BCUT2D eigenvalue weighted by atomic mass is 35.5. The minimum atomic E-state index is -0.212. The van der Waals surface area contributed by atoms with Gasteiger partial charge in [-0.1, -0.05) is 11.6 Å². The molecule has 7 nitrogen and oxygen atoms in total. The Bertz CT molecular complexity index is 1040. The molecule has 2 fully saturated rings. The van der Waals surface area contributed by atoms with Gasteiger partial charge in [-0.05, 0) is 69.0 Å². The van der Waals surface area contributed by atoms with Crippen molar-refractivity contribution in [2.24, 2.45) is 5.92 Å². The number of nitrogens with zero attached hydrogens (tertiary/aromatic N) is 3. The molecule has 2 saturated heterocycles. The van der Waals surface area contributed by atoms with E-state index in [1.165, 1.54) is 0 Å². The Balaban J connectivity index is 1.41. The van der Waals surface area contributed by atoms with E-state index in [1.807, 2.05) is 30.9 Å². The molecular weight excluding hydrogens is 452 g/mol. The molecule has 0 spiro atoms. The van der Waals surface area contributed by atoms with Crippen molar-refractivity contribution in [1.82, 2.24) is 14.8 Å². The fourth-order valence-corrected chi connectivity index (χ4v) is 4.98. The molecule has 0 saturated carbocycles. The average Bonchev–Trinajstić information content (AvgIpc) is 2.82. The van der Waals surface area contributed by atoms with Gasteiger partial charge in [0.25, 0.3) is 5.91 Å². The molecule has 2 aliphatic heterocycles. The summed E-state index contributed by atoms with van der Waals surface area (Å²) in [5, 5.41) is 3.57. The number of hydrogen-bond acceptors (Lipinski definition) is 5. The third-order valence-electron chi connectivity index (χ3n) is 6.80. The lowest BCUT2D eigenvalue weighted by atomic mass is 9.99. The van der Waals surface area contributed by atoms with Gasteiger partial charge in [0, 0.05) is 61.4 Å². The van der Waals surface area contributed by atoms with Crippen LogP contribution in [-0.4, -0.2) is 65.5 Å². The maximum absolute atomic E-state index is 13.0. The van der Waals surface area contributed by atoms with Crippen LogP contribution in [0.5, 0.6) is 0 Å². The predicted molar refractivity (Wildman–Crippen MR) is 133 cm³/mol. The van der Waals surface area contributed by atoms with Crippen LogP contribution in [0.1, 0.15) is 46.9 Å². The van der Waals surface area contributed by atoms with Gasteiger partial charge in [0.15, 0.2) is 0 Å². The second-order valence-electron chi connectivity index (χ2n) is 9.41. The number of piperazine rings is 1. The molecule has 1 N–H and O–H groups in total. The summed E-state index contributed by atoms with van der Waals surface area (Å²) in [5.41, 5.74) is 4.12. The first kappa shape index (κ1) is 24.6. The van der Waals surface area contributed by atoms with Crippen LogP contribution in [0.25, 0.3) is 0 Å². The van der Waals surface area contributed by atoms with E-state index in [1.54, 1.807) is 18.3 Å². The number of carbonyl (C=O) groups excluding carboxylic acids is 2. The molecule has 4 rings (SSSR count). The minimum Gasteiger partial charge on any atom is -0.381 e. The van der Waals surface area contributed by atoms with Crippen molar-refractivity contribution in [1.29, 1.82) is 0 Å². The Morgan fingerprint density at radius 3 is 2.74 bits per heavy atom. The van der Waals surface area contributed by atoms with Crippen molar-refractivity contribution in [2.45, 2.75) is 46.2 Å². The van der Waals surface area contributed by atoms with Crippen LogP contribution in [0.4, 0.5) is 5.69 Å². The van der Waals surface area contributed by atoms with Gasteiger partial charge in [-0.15, -0.1) is 0 Å². The average molecular weight is 485 g/mol. The molecule has 2 aromatic rings. The van der Waals surface area contributed by atoms with Crippen molar-refractivity contribution in [3.63, 3.8) is 0 Å². The van der Waals surface area contributed by atoms with Crippen LogP contribution >= 0.6 is 11.6 Å². The van der Waals surface area contributed by atoms with Gasteiger partial charge in [-0.3, -0.25) is 19.5 Å². The maximum Gasteiger partial charge on any atom is 0.257 e. The Labute approximate surface area is 206 Å². The van der Waals surface area contributed by atoms with Crippen LogP contribution in [0, 0.1) is 19.8 Å². The summed E-state index contributed by atoms with van der Waals surface area (Å²) >= 11 is 6.42. The van der Waals surface area contributed by atoms with Crippen molar-refractivity contribution in [2.75, 3.05) is 38.2 Å². The van der Waals surface area contributed by atoms with Crippen LogP contribution in [0.2, 0.25) is 5.02 Å². The first-order valence-corrected chi connectivity index (χ1v) is 12.3. The van der Waals surface area contributed by atoms with E-state index in [4.69, 9.17) is 16.3 Å². The largest absolute Gasteiger partial charge is 0.381 e. The minimum absolute atomic E-state index is 0.00664. The summed E-state index contributed by atoms with van der Waals surface area (Å²) in [5.74, 6) is 0.00506. The van der Waals surface area contributed by atoms with E-state index in [0.717, 1.165) is 49.4 Å². The Morgan fingerprint density at radius 1 is 1.24 bits per heavy atom. The van der Waals surface area contributed by atoms with E-state index in [9.17, 15) is 9.59 Å². The van der Waals surface area contributed by atoms with Crippen LogP contribution in [-0.2, 0) is 16.1 Å². The fraction of sp³-hybridized carbons (Fsp3) is 0.500. The first-order chi connectivity index (χ1) is 16.3. The van der Waals surface area contributed by atoms with Crippen LogP contribution in [0.3, 0.4) is 0 Å². The molecule has 0 radical (unpaired) electrons. The lowest BCUT2D eigenvalue weighted by Crippen LogP contribution is -2.55. The van der Waals surface area contributed by atoms with Crippen molar-refractivity contribution in [3.05, 3.63) is 57.9 Å². The Hall–Kier alpha value is -2.48. The number of hydrogen-bond donors (Lipinski definition) is 1. The highest BCUT2D eigenvalue weighted by molar-refractivity contribution is 6.31. The molecule has 1 aromatic carbocycles. The zero-order valence-electron chi connectivity index (χ0n) is 20.1. The summed E-state index contributed by atoms with van der Waals surface area (Å²) in [6.45, 7) is 10.3. The molecule has 182 valence electrons. The highest BCUT2D eigenvalue weighted by Gasteiger charge is 2.33. The van der Waals surface area contributed by atoms with Crippen molar-refractivity contribution in [3.8, 4) is 0 Å². The van der Waals surface area contributed by atoms with E-state index in [2.05, 4.69) is 22.1 Å². The molecule has 34 heavy (non-hydrogen) atoms. The Morgan fingerprint density at radius 2 is 2.06 bits per heavy atom. The molecule has 1 aromatic heterocycles. The smallest absolute Gasteiger partial charge is 0.257 e. The summed E-state index contributed by atoms with van der Waals surface area (Å²) < 4.78 is 5.52. The number of rotatable bonds is 5. The molecule has 8 heteroatoms. The van der Waals surface area contributed by atoms with Crippen molar-refractivity contribution < 1.29 is 14.3 Å². The number of benzene rings is 1. The number of nitrogens with one attached hydrogen (secondary N) is 1. The first-order valence-electron chi connectivity index (χ1n) is 12.0. The number of anilines is 1. The summed E-state index contributed by atoms with van der Waals surface area (Å²) in [6, 6.07) is 7.46. The topological polar surface area (TPSA) is 74.8 Å².